The Morgan fingerprint density at radius 3 is 2.66 bits per heavy atom. The van der Waals surface area contributed by atoms with Crippen LogP contribution in [-0.4, -0.2) is 16.3 Å². The van der Waals surface area contributed by atoms with Gasteiger partial charge in [0.05, 0.1) is 16.7 Å². The standard InChI is InChI=1S/C23H18BrNO2S2/c1-14(2)27-20-11-10-15-6-3-4-9-18(15)19(20)13-21-22(26)25(23(28)29-21)17-8-5-7-16(24)12-17/h3-14H,1-2H3/b21-13+. The van der Waals surface area contributed by atoms with E-state index in [0.29, 0.717) is 9.23 Å². The van der Waals surface area contributed by atoms with Crippen molar-refractivity contribution in [1.29, 1.82) is 0 Å². The van der Waals surface area contributed by atoms with E-state index in [4.69, 9.17) is 17.0 Å². The topological polar surface area (TPSA) is 29.5 Å². The van der Waals surface area contributed by atoms with E-state index in [1.807, 2.05) is 74.5 Å². The summed E-state index contributed by atoms with van der Waals surface area (Å²) in [5.41, 5.74) is 1.65. The van der Waals surface area contributed by atoms with Crippen molar-refractivity contribution in [1.82, 2.24) is 0 Å². The summed E-state index contributed by atoms with van der Waals surface area (Å²) in [6, 6.07) is 19.7. The number of thioether (sulfide) groups is 1. The third-order valence-electron chi connectivity index (χ3n) is 4.43. The number of carbonyl (C=O) groups excluding carboxylic acids is 1. The van der Waals surface area contributed by atoms with E-state index in [1.54, 1.807) is 4.90 Å². The van der Waals surface area contributed by atoms with Gasteiger partial charge in [0, 0.05) is 10.0 Å². The first-order valence-electron chi connectivity index (χ1n) is 9.16. The Labute approximate surface area is 187 Å². The molecule has 0 bridgehead atoms. The summed E-state index contributed by atoms with van der Waals surface area (Å²) in [4.78, 5) is 15.4. The minimum Gasteiger partial charge on any atom is -0.490 e. The SMILES string of the molecule is CC(C)Oc1ccc2ccccc2c1/C=C1/SC(=S)N(c2cccc(Br)c2)C1=O. The van der Waals surface area contributed by atoms with E-state index in [0.717, 1.165) is 32.2 Å². The summed E-state index contributed by atoms with van der Waals surface area (Å²) >= 11 is 10.3. The molecule has 29 heavy (non-hydrogen) atoms. The fourth-order valence-electron chi connectivity index (χ4n) is 3.22. The van der Waals surface area contributed by atoms with Crippen LogP contribution >= 0.6 is 39.9 Å². The van der Waals surface area contributed by atoms with Gasteiger partial charge < -0.3 is 4.74 Å². The molecule has 0 atom stereocenters. The molecule has 0 saturated carbocycles. The predicted octanol–water partition coefficient (Wildman–Crippen LogP) is 6.80. The number of anilines is 1. The molecule has 0 aromatic heterocycles. The number of hydrogen-bond donors (Lipinski definition) is 0. The van der Waals surface area contributed by atoms with Crippen molar-refractivity contribution in [3.63, 3.8) is 0 Å². The highest BCUT2D eigenvalue weighted by molar-refractivity contribution is 9.10. The van der Waals surface area contributed by atoms with Crippen LogP contribution in [0.3, 0.4) is 0 Å². The van der Waals surface area contributed by atoms with E-state index in [1.165, 1.54) is 11.8 Å². The van der Waals surface area contributed by atoms with Crippen LogP contribution in [0.2, 0.25) is 0 Å². The molecular weight excluding hydrogens is 466 g/mol. The van der Waals surface area contributed by atoms with Gasteiger partial charge in [0.1, 0.15) is 5.75 Å². The van der Waals surface area contributed by atoms with Crippen LogP contribution < -0.4 is 9.64 Å². The number of rotatable bonds is 4. The summed E-state index contributed by atoms with van der Waals surface area (Å²) in [7, 11) is 0. The summed E-state index contributed by atoms with van der Waals surface area (Å²) in [5, 5.41) is 2.13. The Kier molecular flexibility index (Phi) is 5.76. The van der Waals surface area contributed by atoms with Crippen LogP contribution in [0.25, 0.3) is 16.8 Å². The first kappa shape index (κ1) is 20.1. The van der Waals surface area contributed by atoms with E-state index in [2.05, 4.69) is 22.0 Å². The van der Waals surface area contributed by atoms with Gasteiger partial charge in [0.25, 0.3) is 5.91 Å². The largest absolute Gasteiger partial charge is 0.490 e. The maximum atomic E-state index is 13.2. The molecule has 3 nitrogen and oxygen atoms in total. The zero-order valence-electron chi connectivity index (χ0n) is 15.9. The highest BCUT2D eigenvalue weighted by Gasteiger charge is 2.33. The Balaban J connectivity index is 1.81. The lowest BCUT2D eigenvalue weighted by molar-refractivity contribution is -0.113. The molecule has 1 heterocycles. The Bertz CT molecular complexity index is 1160. The molecular formula is C23H18BrNO2S2. The zero-order chi connectivity index (χ0) is 20.5. The number of hydrogen-bond acceptors (Lipinski definition) is 4. The van der Waals surface area contributed by atoms with Crippen molar-refractivity contribution < 1.29 is 9.53 Å². The second kappa shape index (κ2) is 8.30. The monoisotopic (exact) mass is 483 g/mol. The molecule has 146 valence electrons. The maximum Gasteiger partial charge on any atom is 0.270 e. The van der Waals surface area contributed by atoms with Crippen LogP contribution in [0.4, 0.5) is 5.69 Å². The lowest BCUT2D eigenvalue weighted by Gasteiger charge is -2.15. The smallest absolute Gasteiger partial charge is 0.270 e. The van der Waals surface area contributed by atoms with E-state index < -0.39 is 0 Å². The minimum absolute atomic E-state index is 0.0273. The van der Waals surface area contributed by atoms with Crippen molar-refractivity contribution in [2.75, 3.05) is 4.90 Å². The van der Waals surface area contributed by atoms with Crippen molar-refractivity contribution in [3.8, 4) is 5.75 Å². The van der Waals surface area contributed by atoms with E-state index in [9.17, 15) is 4.79 Å². The van der Waals surface area contributed by atoms with Gasteiger partial charge in [-0.05, 0) is 55.0 Å². The van der Waals surface area contributed by atoms with Crippen molar-refractivity contribution in [2.24, 2.45) is 0 Å². The molecule has 1 aliphatic heterocycles. The molecule has 0 unspecified atom stereocenters. The van der Waals surface area contributed by atoms with Gasteiger partial charge >= 0.3 is 0 Å². The number of amides is 1. The molecule has 3 aromatic rings. The average molecular weight is 484 g/mol. The highest BCUT2D eigenvalue weighted by atomic mass is 79.9. The number of halogens is 1. The van der Waals surface area contributed by atoms with Gasteiger partial charge in [-0.3, -0.25) is 9.69 Å². The molecule has 1 amide bonds. The van der Waals surface area contributed by atoms with Gasteiger partial charge in [0.2, 0.25) is 0 Å². The Hall–Kier alpha value is -2.15. The lowest BCUT2D eigenvalue weighted by Crippen LogP contribution is -2.27. The predicted molar refractivity (Wildman–Crippen MR) is 130 cm³/mol. The number of thiocarbonyl (C=S) groups is 1. The second-order valence-corrected chi connectivity index (χ2v) is 9.45. The number of carbonyl (C=O) groups is 1. The molecule has 4 rings (SSSR count). The van der Waals surface area contributed by atoms with Crippen molar-refractivity contribution in [3.05, 3.63) is 75.6 Å². The van der Waals surface area contributed by atoms with E-state index >= 15 is 0 Å². The summed E-state index contributed by atoms with van der Waals surface area (Å²) in [6.45, 7) is 3.98. The van der Waals surface area contributed by atoms with Crippen LogP contribution in [0.15, 0.2) is 70.0 Å². The molecule has 3 aromatic carbocycles. The molecule has 0 aliphatic carbocycles. The van der Waals surface area contributed by atoms with Gasteiger partial charge in [-0.2, -0.15) is 0 Å². The van der Waals surface area contributed by atoms with Crippen LogP contribution in [-0.2, 0) is 4.79 Å². The molecule has 1 aliphatic rings. The summed E-state index contributed by atoms with van der Waals surface area (Å²) in [5.74, 6) is 0.632. The Morgan fingerprint density at radius 2 is 1.90 bits per heavy atom. The number of ether oxygens (including phenoxy) is 1. The van der Waals surface area contributed by atoms with Gasteiger partial charge in [-0.15, -0.1) is 0 Å². The first-order valence-corrected chi connectivity index (χ1v) is 11.2. The average Bonchev–Trinajstić information content (AvgIpc) is 2.96. The highest BCUT2D eigenvalue weighted by Crippen LogP contribution is 2.39. The quantitative estimate of drug-likeness (QED) is 0.301. The van der Waals surface area contributed by atoms with Crippen molar-refractivity contribution in [2.45, 2.75) is 20.0 Å². The molecule has 0 radical (unpaired) electrons. The lowest BCUT2D eigenvalue weighted by atomic mass is 10.0. The third-order valence-corrected chi connectivity index (χ3v) is 6.22. The number of benzene rings is 3. The third kappa shape index (κ3) is 4.10. The van der Waals surface area contributed by atoms with Crippen molar-refractivity contribution >= 4 is 72.7 Å². The molecule has 0 spiro atoms. The summed E-state index contributed by atoms with van der Waals surface area (Å²) in [6.07, 6.45) is 1.93. The molecule has 1 fully saturated rings. The Morgan fingerprint density at radius 1 is 1.10 bits per heavy atom. The number of fused-ring (bicyclic) bond motifs is 1. The minimum atomic E-state index is -0.124. The molecule has 0 N–H and O–H groups in total. The normalized spacial score (nSPS) is 15.7. The van der Waals surface area contributed by atoms with Gasteiger partial charge in [-0.25, -0.2) is 0 Å². The fraction of sp³-hybridized carbons (Fsp3) is 0.130. The second-order valence-electron chi connectivity index (χ2n) is 6.86. The van der Waals surface area contributed by atoms with Gasteiger partial charge in [-0.1, -0.05) is 76.3 Å². The maximum absolute atomic E-state index is 13.2. The number of nitrogens with zero attached hydrogens (tertiary/aromatic N) is 1. The summed E-state index contributed by atoms with van der Waals surface area (Å²) < 4.78 is 7.45. The van der Waals surface area contributed by atoms with Crippen LogP contribution in [0.5, 0.6) is 5.75 Å². The van der Waals surface area contributed by atoms with Crippen LogP contribution in [0.1, 0.15) is 19.4 Å². The zero-order valence-corrected chi connectivity index (χ0v) is 19.1. The van der Waals surface area contributed by atoms with Crippen LogP contribution in [0, 0.1) is 0 Å². The van der Waals surface area contributed by atoms with E-state index in [-0.39, 0.29) is 12.0 Å². The van der Waals surface area contributed by atoms with Gasteiger partial charge in [0.15, 0.2) is 4.32 Å². The first-order chi connectivity index (χ1) is 13.9. The fourth-order valence-corrected chi connectivity index (χ4v) is 4.89. The molecule has 1 saturated heterocycles. The molecule has 6 heteroatoms.